The molecule has 17 heavy (non-hydrogen) atoms. The van der Waals surface area contributed by atoms with Gasteiger partial charge in [0.1, 0.15) is 0 Å². The minimum Gasteiger partial charge on any atom is -0.381 e. The molecule has 2 saturated heterocycles. The zero-order chi connectivity index (χ0) is 12.1. The van der Waals surface area contributed by atoms with Gasteiger partial charge < -0.3 is 15.0 Å². The fourth-order valence-corrected chi connectivity index (χ4v) is 2.78. The number of piperidine rings is 1. The molecule has 0 radical (unpaired) electrons. The Labute approximate surface area is 104 Å². The molecule has 1 N–H and O–H groups in total. The predicted octanol–water partition coefficient (Wildman–Crippen LogP) is 0.871. The van der Waals surface area contributed by atoms with E-state index in [1.807, 2.05) is 11.9 Å². The molecule has 2 aliphatic heterocycles. The van der Waals surface area contributed by atoms with E-state index in [0.29, 0.717) is 11.8 Å². The largest absolute Gasteiger partial charge is 0.381 e. The lowest BCUT2D eigenvalue weighted by Gasteiger charge is -2.31. The van der Waals surface area contributed by atoms with Crippen LogP contribution in [0.1, 0.15) is 25.7 Å². The normalized spacial score (nSPS) is 26.8. The highest BCUT2D eigenvalue weighted by atomic mass is 16.5. The molecule has 1 amide bonds. The number of nitrogens with one attached hydrogen (secondary N) is 1. The highest BCUT2D eigenvalue weighted by Crippen LogP contribution is 2.18. The fraction of sp³-hybridized carbons (Fsp3) is 0.923. The summed E-state index contributed by atoms with van der Waals surface area (Å²) in [4.78, 5) is 14.2. The molecule has 2 heterocycles. The van der Waals surface area contributed by atoms with Gasteiger partial charge in [-0.25, -0.2) is 0 Å². The van der Waals surface area contributed by atoms with Gasteiger partial charge in [0.2, 0.25) is 5.91 Å². The Morgan fingerprint density at radius 2 is 2.12 bits per heavy atom. The molecule has 0 unspecified atom stereocenters. The van der Waals surface area contributed by atoms with Gasteiger partial charge in [-0.3, -0.25) is 4.79 Å². The first kappa shape index (κ1) is 12.8. The number of ether oxygens (including phenoxy) is 1. The summed E-state index contributed by atoms with van der Waals surface area (Å²) in [5.41, 5.74) is 0. The summed E-state index contributed by atoms with van der Waals surface area (Å²) in [6.07, 6.45) is 4.37. The smallest absolute Gasteiger partial charge is 0.226 e. The second kappa shape index (κ2) is 6.36. The van der Waals surface area contributed by atoms with Crippen LogP contribution in [-0.4, -0.2) is 50.7 Å². The molecule has 4 nitrogen and oxygen atoms in total. The summed E-state index contributed by atoms with van der Waals surface area (Å²) < 4.78 is 5.34. The number of carbonyl (C=O) groups is 1. The second-order valence-corrected chi connectivity index (χ2v) is 5.32. The van der Waals surface area contributed by atoms with E-state index in [1.165, 1.54) is 0 Å². The summed E-state index contributed by atoms with van der Waals surface area (Å²) in [6, 6.07) is 0. The van der Waals surface area contributed by atoms with E-state index in [4.69, 9.17) is 4.74 Å². The van der Waals surface area contributed by atoms with Crippen molar-refractivity contribution in [2.75, 3.05) is 39.9 Å². The lowest BCUT2D eigenvalue weighted by molar-refractivity contribution is -0.135. The summed E-state index contributed by atoms with van der Waals surface area (Å²) in [5.74, 6) is 1.16. The van der Waals surface area contributed by atoms with Gasteiger partial charge in [0, 0.05) is 33.4 Å². The Bertz CT molecular complexity index is 246. The quantitative estimate of drug-likeness (QED) is 0.796. The van der Waals surface area contributed by atoms with Gasteiger partial charge in [-0.1, -0.05) is 0 Å². The van der Waals surface area contributed by atoms with E-state index in [0.717, 1.165) is 58.5 Å². The van der Waals surface area contributed by atoms with Crippen molar-refractivity contribution in [2.45, 2.75) is 25.7 Å². The summed E-state index contributed by atoms with van der Waals surface area (Å²) >= 11 is 0. The molecule has 2 fully saturated rings. The molecular weight excluding hydrogens is 216 g/mol. The minimum atomic E-state index is 0.202. The van der Waals surface area contributed by atoms with Crippen LogP contribution in [0.2, 0.25) is 0 Å². The topological polar surface area (TPSA) is 41.6 Å². The van der Waals surface area contributed by atoms with Crippen LogP contribution in [0.3, 0.4) is 0 Å². The number of nitrogens with zero attached hydrogens (tertiary/aromatic N) is 1. The number of hydrogen-bond acceptors (Lipinski definition) is 3. The van der Waals surface area contributed by atoms with Crippen LogP contribution in [-0.2, 0) is 9.53 Å². The molecule has 0 aliphatic carbocycles. The van der Waals surface area contributed by atoms with Gasteiger partial charge in [-0.05, 0) is 38.1 Å². The van der Waals surface area contributed by atoms with Gasteiger partial charge in [-0.15, -0.1) is 0 Å². The Morgan fingerprint density at radius 1 is 1.35 bits per heavy atom. The van der Waals surface area contributed by atoms with E-state index >= 15 is 0 Å². The Morgan fingerprint density at radius 3 is 2.76 bits per heavy atom. The molecule has 2 aliphatic rings. The van der Waals surface area contributed by atoms with Crippen molar-refractivity contribution < 1.29 is 9.53 Å². The van der Waals surface area contributed by atoms with Crippen LogP contribution in [0.15, 0.2) is 0 Å². The lowest BCUT2D eigenvalue weighted by atomic mass is 9.96. The zero-order valence-electron chi connectivity index (χ0n) is 10.8. The van der Waals surface area contributed by atoms with Crippen LogP contribution >= 0.6 is 0 Å². The van der Waals surface area contributed by atoms with E-state index < -0.39 is 0 Å². The van der Waals surface area contributed by atoms with Crippen molar-refractivity contribution in [3.8, 4) is 0 Å². The third-order valence-electron chi connectivity index (χ3n) is 3.90. The molecule has 0 aromatic rings. The van der Waals surface area contributed by atoms with Crippen LogP contribution in [0.4, 0.5) is 0 Å². The van der Waals surface area contributed by atoms with Gasteiger partial charge >= 0.3 is 0 Å². The second-order valence-electron chi connectivity index (χ2n) is 5.32. The average Bonchev–Trinajstić information content (AvgIpc) is 2.40. The highest BCUT2D eigenvalue weighted by Gasteiger charge is 2.25. The zero-order valence-corrected chi connectivity index (χ0v) is 10.8. The molecule has 2 rings (SSSR count). The number of amides is 1. The van der Waals surface area contributed by atoms with Crippen LogP contribution in [0, 0.1) is 11.8 Å². The maximum absolute atomic E-state index is 12.2. The van der Waals surface area contributed by atoms with E-state index in [2.05, 4.69) is 5.32 Å². The van der Waals surface area contributed by atoms with Crippen molar-refractivity contribution in [2.24, 2.45) is 11.8 Å². The fourth-order valence-electron chi connectivity index (χ4n) is 2.78. The van der Waals surface area contributed by atoms with E-state index in [9.17, 15) is 4.79 Å². The number of hydrogen-bond donors (Lipinski definition) is 1. The standard InChI is InChI=1S/C13H24N2O2/c1-15(10-11-4-7-17-8-5-11)13(16)12-3-2-6-14-9-12/h11-12,14H,2-10H2,1H3/t12-/m0/s1. The van der Waals surface area contributed by atoms with Crippen LogP contribution in [0.25, 0.3) is 0 Å². The molecule has 0 aromatic heterocycles. The summed E-state index contributed by atoms with van der Waals surface area (Å²) in [7, 11) is 1.95. The summed E-state index contributed by atoms with van der Waals surface area (Å²) in [6.45, 7) is 4.54. The molecule has 1 atom stereocenters. The van der Waals surface area contributed by atoms with Gasteiger partial charge in [0.15, 0.2) is 0 Å². The van der Waals surface area contributed by atoms with E-state index in [-0.39, 0.29) is 5.92 Å². The predicted molar refractivity (Wildman–Crippen MR) is 66.8 cm³/mol. The third kappa shape index (κ3) is 3.68. The lowest BCUT2D eigenvalue weighted by Crippen LogP contribution is -2.43. The number of carbonyl (C=O) groups excluding carboxylic acids is 1. The van der Waals surface area contributed by atoms with Crippen molar-refractivity contribution in [3.05, 3.63) is 0 Å². The molecule has 0 bridgehead atoms. The number of rotatable bonds is 3. The third-order valence-corrected chi connectivity index (χ3v) is 3.90. The van der Waals surface area contributed by atoms with Crippen LogP contribution < -0.4 is 5.32 Å². The van der Waals surface area contributed by atoms with E-state index in [1.54, 1.807) is 0 Å². The monoisotopic (exact) mass is 240 g/mol. The molecular formula is C13H24N2O2. The average molecular weight is 240 g/mol. The Balaban J connectivity index is 1.77. The molecule has 0 aromatic carbocycles. The molecule has 4 heteroatoms. The molecule has 0 spiro atoms. The van der Waals surface area contributed by atoms with Crippen LogP contribution in [0.5, 0.6) is 0 Å². The first-order chi connectivity index (χ1) is 8.27. The molecule has 98 valence electrons. The van der Waals surface area contributed by atoms with Crippen molar-refractivity contribution in [1.82, 2.24) is 10.2 Å². The molecule has 0 saturated carbocycles. The Kier molecular flexibility index (Phi) is 4.80. The maximum Gasteiger partial charge on any atom is 0.226 e. The highest BCUT2D eigenvalue weighted by molar-refractivity contribution is 5.78. The SMILES string of the molecule is CN(CC1CCOCC1)C(=O)[C@H]1CCCNC1. The van der Waals surface area contributed by atoms with Gasteiger partial charge in [0.05, 0.1) is 5.92 Å². The van der Waals surface area contributed by atoms with Gasteiger partial charge in [0.25, 0.3) is 0 Å². The summed E-state index contributed by atoms with van der Waals surface area (Å²) in [5, 5.41) is 3.31. The first-order valence-electron chi connectivity index (χ1n) is 6.81. The maximum atomic E-state index is 12.2. The Hall–Kier alpha value is -0.610. The minimum absolute atomic E-state index is 0.202. The van der Waals surface area contributed by atoms with Crippen molar-refractivity contribution in [1.29, 1.82) is 0 Å². The van der Waals surface area contributed by atoms with Crippen molar-refractivity contribution >= 4 is 5.91 Å². The first-order valence-corrected chi connectivity index (χ1v) is 6.81. The van der Waals surface area contributed by atoms with Gasteiger partial charge in [-0.2, -0.15) is 0 Å². The van der Waals surface area contributed by atoms with Crippen molar-refractivity contribution in [3.63, 3.8) is 0 Å².